The van der Waals surface area contributed by atoms with Crippen molar-refractivity contribution >= 4 is 11.6 Å². The molecule has 1 amide bonds. The molecule has 3 nitrogen and oxygen atoms in total. The molecule has 1 aliphatic rings. The van der Waals surface area contributed by atoms with Crippen molar-refractivity contribution in [1.82, 2.24) is 5.32 Å². The summed E-state index contributed by atoms with van der Waals surface area (Å²) in [5.74, 6) is 0.767. The SMILES string of the molecule is Cc1ccc(NC(=O)C(C)NC(C)C2CCCC2)cc1. The van der Waals surface area contributed by atoms with Gasteiger partial charge in [0.05, 0.1) is 6.04 Å². The fourth-order valence-electron chi connectivity index (χ4n) is 2.95. The van der Waals surface area contributed by atoms with E-state index in [1.807, 2.05) is 38.1 Å². The maximum Gasteiger partial charge on any atom is 0.241 e. The van der Waals surface area contributed by atoms with E-state index in [1.165, 1.54) is 31.2 Å². The van der Waals surface area contributed by atoms with Gasteiger partial charge in [0, 0.05) is 11.7 Å². The number of benzene rings is 1. The Hall–Kier alpha value is -1.35. The van der Waals surface area contributed by atoms with Crippen LogP contribution in [0.15, 0.2) is 24.3 Å². The molecule has 1 saturated carbocycles. The summed E-state index contributed by atoms with van der Waals surface area (Å²) in [7, 11) is 0. The number of hydrogen-bond donors (Lipinski definition) is 2. The van der Waals surface area contributed by atoms with Crippen molar-refractivity contribution in [2.45, 2.75) is 58.5 Å². The average Bonchev–Trinajstić information content (AvgIpc) is 2.95. The normalized spacial score (nSPS) is 18.8. The molecule has 0 aromatic heterocycles. The molecule has 3 heteroatoms. The molecule has 20 heavy (non-hydrogen) atoms. The lowest BCUT2D eigenvalue weighted by Gasteiger charge is -2.24. The molecule has 1 aliphatic carbocycles. The lowest BCUT2D eigenvalue weighted by Crippen LogP contribution is -2.45. The molecule has 0 saturated heterocycles. The molecule has 2 rings (SSSR count). The topological polar surface area (TPSA) is 41.1 Å². The van der Waals surface area contributed by atoms with Crippen LogP contribution in [-0.4, -0.2) is 18.0 Å². The Kier molecular flexibility index (Phi) is 5.18. The smallest absolute Gasteiger partial charge is 0.241 e. The van der Waals surface area contributed by atoms with E-state index in [0.717, 1.165) is 11.6 Å². The molecule has 0 spiro atoms. The number of amides is 1. The molecule has 0 heterocycles. The lowest BCUT2D eigenvalue weighted by molar-refractivity contribution is -0.118. The van der Waals surface area contributed by atoms with Gasteiger partial charge in [-0.1, -0.05) is 30.5 Å². The van der Waals surface area contributed by atoms with Crippen LogP contribution in [0.3, 0.4) is 0 Å². The largest absolute Gasteiger partial charge is 0.325 e. The fraction of sp³-hybridized carbons (Fsp3) is 0.588. The molecule has 0 bridgehead atoms. The van der Waals surface area contributed by atoms with Crippen molar-refractivity contribution in [3.8, 4) is 0 Å². The van der Waals surface area contributed by atoms with E-state index in [2.05, 4.69) is 17.6 Å². The fourth-order valence-corrected chi connectivity index (χ4v) is 2.95. The van der Waals surface area contributed by atoms with Gasteiger partial charge in [0.1, 0.15) is 0 Å². The Bertz CT molecular complexity index is 435. The van der Waals surface area contributed by atoms with Gasteiger partial charge in [0.25, 0.3) is 0 Å². The summed E-state index contributed by atoms with van der Waals surface area (Å²) in [5.41, 5.74) is 2.06. The van der Waals surface area contributed by atoms with E-state index in [4.69, 9.17) is 0 Å². The van der Waals surface area contributed by atoms with E-state index in [0.29, 0.717) is 6.04 Å². The van der Waals surface area contributed by atoms with Crippen LogP contribution in [0.4, 0.5) is 5.69 Å². The van der Waals surface area contributed by atoms with Crippen molar-refractivity contribution < 1.29 is 4.79 Å². The maximum absolute atomic E-state index is 12.2. The molecule has 2 atom stereocenters. The number of carbonyl (C=O) groups is 1. The Morgan fingerprint density at radius 1 is 1.15 bits per heavy atom. The van der Waals surface area contributed by atoms with Crippen LogP contribution < -0.4 is 10.6 Å². The standard InChI is InChI=1S/C17H26N2O/c1-12-8-10-16(11-9-12)19-17(20)14(3)18-13(2)15-6-4-5-7-15/h8-11,13-15,18H,4-7H2,1-3H3,(H,19,20). The van der Waals surface area contributed by atoms with Crippen molar-refractivity contribution in [3.63, 3.8) is 0 Å². The van der Waals surface area contributed by atoms with E-state index in [9.17, 15) is 4.79 Å². The molecule has 1 aromatic rings. The predicted molar refractivity (Wildman–Crippen MR) is 83.8 cm³/mol. The molecule has 2 N–H and O–H groups in total. The first-order valence-electron chi connectivity index (χ1n) is 7.70. The first-order chi connectivity index (χ1) is 9.56. The quantitative estimate of drug-likeness (QED) is 0.863. The summed E-state index contributed by atoms with van der Waals surface area (Å²) in [4.78, 5) is 12.2. The van der Waals surface area contributed by atoms with Crippen LogP contribution >= 0.6 is 0 Å². The van der Waals surface area contributed by atoms with Gasteiger partial charge in [-0.2, -0.15) is 0 Å². The minimum atomic E-state index is -0.160. The highest BCUT2D eigenvalue weighted by Crippen LogP contribution is 2.27. The summed E-state index contributed by atoms with van der Waals surface area (Å²) < 4.78 is 0. The van der Waals surface area contributed by atoms with Crippen LogP contribution in [0.1, 0.15) is 45.1 Å². The maximum atomic E-state index is 12.2. The third-order valence-electron chi connectivity index (χ3n) is 4.33. The first-order valence-corrected chi connectivity index (χ1v) is 7.70. The zero-order chi connectivity index (χ0) is 14.5. The van der Waals surface area contributed by atoms with E-state index in [1.54, 1.807) is 0 Å². The first kappa shape index (κ1) is 15.0. The van der Waals surface area contributed by atoms with E-state index in [-0.39, 0.29) is 11.9 Å². The number of anilines is 1. The third-order valence-corrected chi connectivity index (χ3v) is 4.33. The van der Waals surface area contributed by atoms with Crippen molar-refractivity contribution in [1.29, 1.82) is 0 Å². The Morgan fingerprint density at radius 2 is 1.75 bits per heavy atom. The van der Waals surface area contributed by atoms with Gasteiger partial charge in [0.2, 0.25) is 5.91 Å². The van der Waals surface area contributed by atoms with E-state index < -0.39 is 0 Å². The number of rotatable bonds is 5. The van der Waals surface area contributed by atoms with Crippen molar-refractivity contribution in [2.75, 3.05) is 5.32 Å². The second-order valence-electron chi connectivity index (χ2n) is 6.08. The number of nitrogens with one attached hydrogen (secondary N) is 2. The zero-order valence-electron chi connectivity index (χ0n) is 12.8. The molecule has 1 fully saturated rings. The molecule has 1 aromatic carbocycles. The molecule has 0 aliphatic heterocycles. The number of carbonyl (C=O) groups excluding carboxylic acids is 1. The van der Waals surface area contributed by atoms with Crippen molar-refractivity contribution in [2.24, 2.45) is 5.92 Å². The Balaban J connectivity index is 1.83. The number of aryl methyl sites for hydroxylation is 1. The van der Waals surface area contributed by atoms with Gasteiger partial charge < -0.3 is 10.6 Å². The molecule has 2 unspecified atom stereocenters. The van der Waals surface area contributed by atoms with Gasteiger partial charge >= 0.3 is 0 Å². The second-order valence-corrected chi connectivity index (χ2v) is 6.08. The van der Waals surface area contributed by atoms with Gasteiger partial charge in [-0.05, 0) is 51.7 Å². The highest BCUT2D eigenvalue weighted by molar-refractivity contribution is 5.94. The summed E-state index contributed by atoms with van der Waals surface area (Å²) in [5, 5.41) is 6.40. The van der Waals surface area contributed by atoms with Crippen LogP contribution in [0.2, 0.25) is 0 Å². The van der Waals surface area contributed by atoms with Crippen molar-refractivity contribution in [3.05, 3.63) is 29.8 Å². The average molecular weight is 274 g/mol. The molecular formula is C17H26N2O. The van der Waals surface area contributed by atoms with E-state index >= 15 is 0 Å². The highest BCUT2D eigenvalue weighted by atomic mass is 16.2. The summed E-state index contributed by atoms with van der Waals surface area (Å²) in [6.45, 7) is 6.18. The molecular weight excluding hydrogens is 248 g/mol. The predicted octanol–water partition coefficient (Wildman–Crippen LogP) is 3.49. The minimum Gasteiger partial charge on any atom is -0.325 e. The highest BCUT2D eigenvalue weighted by Gasteiger charge is 2.24. The van der Waals surface area contributed by atoms with Crippen LogP contribution in [0.5, 0.6) is 0 Å². The molecule has 110 valence electrons. The van der Waals surface area contributed by atoms with Crippen LogP contribution in [0.25, 0.3) is 0 Å². The molecule has 0 radical (unpaired) electrons. The Morgan fingerprint density at radius 3 is 2.35 bits per heavy atom. The van der Waals surface area contributed by atoms with Gasteiger partial charge in [-0.15, -0.1) is 0 Å². The lowest BCUT2D eigenvalue weighted by atomic mass is 9.99. The third kappa shape index (κ3) is 4.07. The van der Waals surface area contributed by atoms with Gasteiger partial charge in [0.15, 0.2) is 0 Å². The summed E-state index contributed by atoms with van der Waals surface area (Å²) >= 11 is 0. The minimum absolute atomic E-state index is 0.0405. The van der Waals surface area contributed by atoms with Crippen LogP contribution in [-0.2, 0) is 4.79 Å². The number of hydrogen-bond acceptors (Lipinski definition) is 2. The Labute approximate surface area is 122 Å². The van der Waals surface area contributed by atoms with Crippen LogP contribution in [0, 0.1) is 12.8 Å². The monoisotopic (exact) mass is 274 g/mol. The summed E-state index contributed by atoms with van der Waals surface area (Å²) in [6.07, 6.45) is 5.25. The van der Waals surface area contributed by atoms with Gasteiger partial charge in [-0.3, -0.25) is 4.79 Å². The van der Waals surface area contributed by atoms with Gasteiger partial charge in [-0.25, -0.2) is 0 Å². The zero-order valence-corrected chi connectivity index (χ0v) is 12.8. The second kappa shape index (κ2) is 6.89. The summed E-state index contributed by atoms with van der Waals surface area (Å²) in [6, 6.07) is 8.16.